The van der Waals surface area contributed by atoms with E-state index in [9.17, 15) is 4.39 Å². The van der Waals surface area contributed by atoms with Crippen LogP contribution in [0.2, 0.25) is 0 Å². The second-order valence-electron chi connectivity index (χ2n) is 5.27. The Kier molecular flexibility index (Phi) is 4.10. The maximum Gasteiger partial charge on any atom is 0.250 e. The Morgan fingerprint density at radius 1 is 1.38 bits per heavy atom. The van der Waals surface area contributed by atoms with Gasteiger partial charge < -0.3 is 4.74 Å². The molecule has 0 radical (unpaired) electrons. The Labute approximate surface area is 122 Å². The predicted octanol–water partition coefficient (Wildman–Crippen LogP) is 1.39. The number of rotatable bonds is 4. The summed E-state index contributed by atoms with van der Waals surface area (Å²) in [6, 6.07) is 2.93. The van der Waals surface area contributed by atoms with Gasteiger partial charge in [-0.1, -0.05) is 5.21 Å². The monoisotopic (exact) mass is 291 g/mol. The van der Waals surface area contributed by atoms with Crippen molar-refractivity contribution in [3.05, 3.63) is 36.0 Å². The average Bonchev–Trinajstić information content (AvgIpc) is 2.89. The summed E-state index contributed by atoms with van der Waals surface area (Å²) in [4.78, 5) is 6.23. The molecule has 0 atom stereocenters. The minimum atomic E-state index is -0.403. The highest BCUT2D eigenvalue weighted by atomic mass is 19.1. The summed E-state index contributed by atoms with van der Waals surface area (Å²) in [5, 5.41) is 8.02. The van der Waals surface area contributed by atoms with Crippen molar-refractivity contribution in [2.75, 3.05) is 13.1 Å². The van der Waals surface area contributed by atoms with Crippen molar-refractivity contribution >= 4 is 0 Å². The van der Waals surface area contributed by atoms with Gasteiger partial charge >= 0.3 is 0 Å². The summed E-state index contributed by atoms with van der Waals surface area (Å²) in [6.45, 7) is 2.59. The van der Waals surface area contributed by atoms with Crippen molar-refractivity contribution in [3.63, 3.8) is 0 Å². The molecule has 6 nitrogen and oxygen atoms in total. The van der Waals surface area contributed by atoms with E-state index in [2.05, 4.69) is 20.2 Å². The van der Waals surface area contributed by atoms with Crippen molar-refractivity contribution in [2.45, 2.75) is 25.5 Å². The molecule has 0 bridgehead atoms. The highest BCUT2D eigenvalue weighted by Gasteiger charge is 2.22. The van der Waals surface area contributed by atoms with Crippen LogP contribution >= 0.6 is 0 Å². The first-order chi connectivity index (χ1) is 10.2. The van der Waals surface area contributed by atoms with Crippen LogP contribution in [0.1, 0.15) is 18.5 Å². The highest BCUT2D eigenvalue weighted by molar-refractivity contribution is 5.13. The van der Waals surface area contributed by atoms with E-state index in [1.54, 1.807) is 16.9 Å². The Hall–Kier alpha value is -2.02. The van der Waals surface area contributed by atoms with E-state index >= 15 is 0 Å². The lowest BCUT2D eigenvalue weighted by Crippen LogP contribution is -2.38. The molecule has 2 aromatic heterocycles. The molecule has 7 heteroatoms. The van der Waals surface area contributed by atoms with Crippen LogP contribution in [0, 0.1) is 5.82 Å². The molecule has 0 N–H and O–H groups in total. The number of piperidine rings is 1. The van der Waals surface area contributed by atoms with E-state index in [0.717, 1.165) is 38.2 Å². The van der Waals surface area contributed by atoms with E-state index in [0.29, 0.717) is 0 Å². The van der Waals surface area contributed by atoms with Crippen molar-refractivity contribution in [1.29, 1.82) is 0 Å². The number of nitrogens with zero attached hydrogens (tertiary/aromatic N) is 5. The van der Waals surface area contributed by atoms with Gasteiger partial charge in [0, 0.05) is 39.1 Å². The van der Waals surface area contributed by atoms with Crippen LogP contribution in [0.25, 0.3) is 0 Å². The summed E-state index contributed by atoms with van der Waals surface area (Å²) in [7, 11) is 1.86. The summed E-state index contributed by atoms with van der Waals surface area (Å²) in [6.07, 6.45) is 5.20. The Morgan fingerprint density at radius 2 is 2.19 bits per heavy atom. The van der Waals surface area contributed by atoms with Crippen LogP contribution < -0.4 is 4.74 Å². The number of aryl methyl sites for hydroxylation is 1. The molecule has 1 aliphatic rings. The molecule has 0 aliphatic carbocycles. The van der Waals surface area contributed by atoms with E-state index in [1.807, 2.05) is 13.2 Å². The summed E-state index contributed by atoms with van der Waals surface area (Å²) in [5.74, 6) is -0.302. The first kappa shape index (κ1) is 13.9. The van der Waals surface area contributed by atoms with Gasteiger partial charge in [0.05, 0.1) is 5.69 Å². The summed E-state index contributed by atoms with van der Waals surface area (Å²) in [5.41, 5.74) is 0.965. The standard InChI is InChI=1S/C14H18FN5O/c1-19-9-11(17-18-19)10-20-7-4-12(5-8-20)21-14-13(15)3-2-6-16-14/h2-3,6,9,12H,4-5,7-8,10H2,1H3. The van der Waals surface area contributed by atoms with Crippen LogP contribution in [-0.2, 0) is 13.6 Å². The van der Waals surface area contributed by atoms with Crippen LogP contribution in [-0.4, -0.2) is 44.1 Å². The molecule has 0 amide bonds. The van der Waals surface area contributed by atoms with Crippen LogP contribution in [0.15, 0.2) is 24.5 Å². The van der Waals surface area contributed by atoms with Gasteiger partial charge in [0.1, 0.15) is 6.10 Å². The van der Waals surface area contributed by atoms with Crippen molar-refractivity contribution in [2.24, 2.45) is 7.05 Å². The van der Waals surface area contributed by atoms with Gasteiger partial charge in [-0.3, -0.25) is 9.58 Å². The van der Waals surface area contributed by atoms with E-state index in [4.69, 9.17) is 4.74 Å². The number of aromatic nitrogens is 4. The second-order valence-corrected chi connectivity index (χ2v) is 5.27. The number of halogens is 1. The fourth-order valence-electron chi connectivity index (χ4n) is 2.50. The Morgan fingerprint density at radius 3 is 2.86 bits per heavy atom. The molecule has 1 saturated heterocycles. The topological polar surface area (TPSA) is 56.1 Å². The quantitative estimate of drug-likeness (QED) is 0.852. The zero-order valence-corrected chi connectivity index (χ0v) is 11.9. The molecule has 3 heterocycles. The number of pyridine rings is 1. The predicted molar refractivity (Wildman–Crippen MR) is 74.1 cm³/mol. The minimum Gasteiger partial charge on any atom is -0.472 e. The molecular formula is C14H18FN5O. The van der Waals surface area contributed by atoms with Crippen LogP contribution in [0.4, 0.5) is 4.39 Å². The van der Waals surface area contributed by atoms with E-state index in [1.165, 1.54) is 6.07 Å². The zero-order valence-electron chi connectivity index (χ0n) is 11.9. The molecule has 3 rings (SSSR count). The largest absolute Gasteiger partial charge is 0.472 e. The van der Waals surface area contributed by atoms with Gasteiger partial charge in [-0.25, -0.2) is 9.37 Å². The van der Waals surface area contributed by atoms with Crippen molar-refractivity contribution < 1.29 is 9.13 Å². The van der Waals surface area contributed by atoms with E-state index < -0.39 is 5.82 Å². The summed E-state index contributed by atoms with van der Waals surface area (Å²) >= 11 is 0. The average molecular weight is 291 g/mol. The molecule has 1 aliphatic heterocycles. The van der Waals surface area contributed by atoms with Gasteiger partial charge in [-0.15, -0.1) is 5.10 Å². The maximum atomic E-state index is 13.5. The van der Waals surface area contributed by atoms with Gasteiger partial charge in [-0.05, 0) is 25.0 Å². The molecule has 0 unspecified atom stereocenters. The second kappa shape index (κ2) is 6.17. The third kappa shape index (κ3) is 3.55. The minimum absolute atomic E-state index is 0.0208. The Bertz CT molecular complexity index is 595. The normalized spacial score (nSPS) is 17.0. The SMILES string of the molecule is Cn1cc(CN2CCC(Oc3ncccc3F)CC2)nn1. The number of hydrogen-bond acceptors (Lipinski definition) is 5. The lowest BCUT2D eigenvalue weighted by Gasteiger charge is -2.31. The van der Waals surface area contributed by atoms with Gasteiger partial charge in [0.25, 0.3) is 5.88 Å². The van der Waals surface area contributed by atoms with Crippen LogP contribution in [0.3, 0.4) is 0 Å². The molecular weight excluding hydrogens is 273 g/mol. The lowest BCUT2D eigenvalue weighted by atomic mass is 10.1. The summed E-state index contributed by atoms with van der Waals surface area (Å²) < 4.78 is 20.8. The van der Waals surface area contributed by atoms with Crippen LogP contribution in [0.5, 0.6) is 5.88 Å². The van der Waals surface area contributed by atoms with Crippen molar-refractivity contribution in [3.8, 4) is 5.88 Å². The third-order valence-corrected chi connectivity index (χ3v) is 3.57. The Balaban J connectivity index is 1.50. The highest BCUT2D eigenvalue weighted by Crippen LogP contribution is 2.20. The first-order valence-corrected chi connectivity index (χ1v) is 7.05. The maximum absolute atomic E-state index is 13.5. The lowest BCUT2D eigenvalue weighted by molar-refractivity contribution is 0.0890. The van der Waals surface area contributed by atoms with Gasteiger partial charge in [0.15, 0.2) is 5.82 Å². The first-order valence-electron chi connectivity index (χ1n) is 7.05. The molecule has 0 saturated carbocycles. The fraction of sp³-hybridized carbons (Fsp3) is 0.500. The molecule has 112 valence electrons. The smallest absolute Gasteiger partial charge is 0.250 e. The van der Waals surface area contributed by atoms with E-state index in [-0.39, 0.29) is 12.0 Å². The molecule has 0 aromatic carbocycles. The molecule has 0 spiro atoms. The van der Waals surface area contributed by atoms with Gasteiger partial charge in [0.2, 0.25) is 0 Å². The third-order valence-electron chi connectivity index (χ3n) is 3.57. The fourth-order valence-corrected chi connectivity index (χ4v) is 2.50. The number of likely N-dealkylation sites (tertiary alicyclic amines) is 1. The zero-order chi connectivity index (χ0) is 14.7. The molecule has 2 aromatic rings. The molecule has 21 heavy (non-hydrogen) atoms. The van der Waals surface area contributed by atoms with Gasteiger partial charge in [-0.2, -0.15) is 0 Å². The number of ether oxygens (including phenoxy) is 1. The van der Waals surface area contributed by atoms with Crippen molar-refractivity contribution in [1.82, 2.24) is 24.9 Å². The number of hydrogen-bond donors (Lipinski definition) is 0. The molecule has 1 fully saturated rings.